The van der Waals surface area contributed by atoms with Crippen LogP contribution in [0.15, 0.2) is 24.3 Å². The maximum atomic E-state index is 11.4. The first kappa shape index (κ1) is 13.1. The summed E-state index contributed by atoms with van der Waals surface area (Å²) < 4.78 is 22.8. The molecule has 0 aliphatic heterocycles. The van der Waals surface area contributed by atoms with Gasteiger partial charge in [-0.3, -0.25) is 0 Å². The average molecular weight is 265 g/mol. The lowest BCUT2D eigenvalue weighted by molar-refractivity contribution is 0.597. The summed E-state index contributed by atoms with van der Waals surface area (Å²) in [4.78, 5) is 0. The monoisotopic (exact) mass is 265 g/mol. The van der Waals surface area contributed by atoms with Crippen molar-refractivity contribution in [3.63, 3.8) is 0 Å². The predicted molar refractivity (Wildman–Crippen MR) is 76.1 cm³/mol. The molecule has 2 N–H and O–H groups in total. The summed E-state index contributed by atoms with van der Waals surface area (Å²) in [6.45, 7) is 1.69. The highest BCUT2D eigenvalue weighted by molar-refractivity contribution is 7.91. The second-order valence-electron chi connectivity index (χ2n) is 4.67. The maximum Gasteiger partial charge on any atom is 0.150 e. The predicted octanol–water partition coefficient (Wildman–Crippen LogP) is 2.42. The Hall–Kier alpha value is -1.29. The molecule has 1 aromatic carbocycles. The molecule has 4 heteroatoms. The molecule has 0 fully saturated rings. The summed E-state index contributed by atoms with van der Waals surface area (Å²) in [5.41, 5.74) is 10.3. The fourth-order valence-electron chi connectivity index (χ4n) is 2.31. The minimum absolute atomic E-state index is 0.225. The molecule has 2 rings (SSSR count). The standard InChI is InChI=1S/C14H19NO2S/c1-2-18(16,17)9-3-4-11-5-6-12-10-13(15)7-8-14(11)12/h4,7-8,10H,2-3,5-6,9,15H2,1H3/b11-4-. The van der Waals surface area contributed by atoms with E-state index in [4.69, 9.17) is 5.73 Å². The summed E-state index contributed by atoms with van der Waals surface area (Å²) >= 11 is 0. The molecule has 0 saturated heterocycles. The van der Waals surface area contributed by atoms with Gasteiger partial charge >= 0.3 is 0 Å². The van der Waals surface area contributed by atoms with E-state index in [1.54, 1.807) is 6.92 Å². The molecule has 0 amide bonds. The lowest BCUT2D eigenvalue weighted by Crippen LogP contribution is -2.07. The number of hydrogen-bond donors (Lipinski definition) is 1. The van der Waals surface area contributed by atoms with E-state index in [0.717, 1.165) is 18.5 Å². The Morgan fingerprint density at radius 3 is 2.83 bits per heavy atom. The van der Waals surface area contributed by atoms with Gasteiger partial charge in [-0.05, 0) is 48.1 Å². The molecule has 3 nitrogen and oxygen atoms in total. The Kier molecular flexibility index (Phi) is 3.76. The highest BCUT2D eigenvalue weighted by Gasteiger charge is 2.16. The van der Waals surface area contributed by atoms with Gasteiger partial charge < -0.3 is 5.73 Å². The van der Waals surface area contributed by atoms with E-state index in [0.29, 0.717) is 6.42 Å². The van der Waals surface area contributed by atoms with Gasteiger partial charge in [0, 0.05) is 11.4 Å². The average Bonchev–Trinajstić information content (AvgIpc) is 2.71. The van der Waals surface area contributed by atoms with Crippen molar-refractivity contribution < 1.29 is 8.42 Å². The lowest BCUT2D eigenvalue weighted by Gasteiger charge is -2.03. The van der Waals surface area contributed by atoms with Crippen LogP contribution in [0.1, 0.15) is 30.9 Å². The molecule has 1 aliphatic rings. The Balaban J connectivity index is 2.09. The van der Waals surface area contributed by atoms with Gasteiger partial charge in [-0.15, -0.1) is 0 Å². The first-order valence-corrected chi connectivity index (χ1v) is 8.12. The second-order valence-corrected chi connectivity index (χ2v) is 7.14. The lowest BCUT2D eigenvalue weighted by atomic mass is 10.1. The van der Waals surface area contributed by atoms with Crippen molar-refractivity contribution in [2.24, 2.45) is 0 Å². The van der Waals surface area contributed by atoms with Gasteiger partial charge in [-0.2, -0.15) is 0 Å². The van der Waals surface area contributed by atoms with Gasteiger partial charge in [0.25, 0.3) is 0 Å². The van der Waals surface area contributed by atoms with Crippen LogP contribution in [0.25, 0.3) is 5.57 Å². The van der Waals surface area contributed by atoms with Crippen LogP contribution in [0.4, 0.5) is 5.69 Å². The molecule has 0 atom stereocenters. The molecule has 0 spiro atoms. The molecule has 1 aromatic rings. The van der Waals surface area contributed by atoms with Crippen LogP contribution >= 0.6 is 0 Å². The van der Waals surface area contributed by atoms with E-state index in [1.807, 2.05) is 18.2 Å². The number of aryl methyl sites for hydroxylation is 1. The number of anilines is 1. The van der Waals surface area contributed by atoms with Crippen LogP contribution in [-0.2, 0) is 16.3 Å². The largest absolute Gasteiger partial charge is 0.399 e. The maximum absolute atomic E-state index is 11.4. The molecular weight excluding hydrogens is 246 g/mol. The summed E-state index contributed by atoms with van der Waals surface area (Å²) in [6, 6.07) is 5.96. The molecule has 18 heavy (non-hydrogen) atoms. The van der Waals surface area contributed by atoms with E-state index in [1.165, 1.54) is 16.7 Å². The SMILES string of the molecule is CCS(=O)(=O)CC/C=C1/CCc2cc(N)ccc21. The van der Waals surface area contributed by atoms with Gasteiger partial charge in [0.1, 0.15) is 9.84 Å². The number of nitrogens with two attached hydrogens (primary N) is 1. The van der Waals surface area contributed by atoms with Crippen molar-refractivity contribution in [3.8, 4) is 0 Å². The summed E-state index contributed by atoms with van der Waals surface area (Å²) in [6.07, 6.45) is 4.67. The van der Waals surface area contributed by atoms with E-state index in [-0.39, 0.29) is 11.5 Å². The van der Waals surface area contributed by atoms with E-state index >= 15 is 0 Å². The quantitative estimate of drug-likeness (QED) is 0.850. The van der Waals surface area contributed by atoms with Crippen LogP contribution in [0.5, 0.6) is 0 Å². The first-order valence-electron chi connectivity index (χ1n) is 6.30. The molecular formula is C14H19NO2S. The number of nitrogen functional groups attached to an aromatic ring is 1. The topological polar surface area (TPSA) is 60.2 Å². The Morgan fingerprint density at radius 1 is 1.33 bits per heavy atom. The van der Waals surface area contributed by atoms with Crippen molar-refractivity contribution in [3.05, 3.63) is 35.4 Å². The van der Waals surface area contributed by atoms with E-state index in [9.17, 15) is 8.42 Å². The first-order chi connectivity index (χ1) is 8.52. The van der Waals surface area contributed by atoms with Crippen LogP contribution in [0.3, 0.4) is 0 Å². The highest BCUT2D eigenvalue weighted by Crippen LogP contribution is 2.33. The molecule has 0 saturated carbocycles. The Labute approximate surface area is 109 Å². The Morgan fingerprint density at radius 2 is 2.11 bits per heavy atom. The van der Waals surface area contributed by atoms with Crippen molar-refractivity contribution in [1.82, 2.24) is 0 Å². The van der Waals surface area contributed by atoms with Crippen molar-refractivity contribution >= 4 is 21.1 Å². The number of fused-ring (bicyclic) bond motifs is 1. The van der Waals surface area contributed by atoms with Crippen LogP contribution < -0.4 is 5.73 Å². The molecule has 0 unspecified atom stereocenters. The zero-order valence-electron chi connectivity index (χ0n) is 10.6. The number of benzene rings is 1. The van der Waals surface area contributed by atoms with Crippen molar-refractivity contribution in [2.45, 2.75) is 26.2 Å². The number of hydrogen-bond acceptors (Lipinski definition) is 3. The number of sulfone groups is 1. The van der Waals surface area contributed by atoms with Crippen LogP contribution in [0.2, 0.25) is 0 Å². The summed E-state index contributed by atoms with van der Waals surface area (Å²) in [5.74, 6) is 0.473. The molecule has 0 heterocycles. The van der Waals surface area contributed by atoms with Crippen molar-refractivity contribution in [1.29, 1.82) is 0 Å². The van der Waals surface area contributed by atoms with Crippen LogP contribution in [-0.4, -0.2) is 19.9 Å². The second kappa shape index (κ2) is 5.14. The van der Waals surface area contributed by atoms with Gasteiger partial charge in [-0.25, -0.2) is 8.42 Å². The number of allylic oxidation sites excluding steroid dienone is 2. The number of rotatable bonds is 4. The molecule has 98 valence electrons. The van der Waals surface area contributed by atoms with E-state index in [2.05, 4.69) is 6.08 Å². The zero-order valence-corrected chi connectivity index (χ0v) is 11.5. The minimum Gasteiger partial charge on any atom is -0.399 e. The van der Waals surface area contributed by atoms with Crippen LogP contribution in [0, 0.1) is 0 Å². The molecule has 0 aromatic heterocycles. The fourth-order valence-corrected chi connectivity index (χ4v) is 3.07. The normalized spacial score (nSPS) is 17.1. The Bertz CT molecular complexity index is 573. The zero-order chi connectivity index (χ0) is 13.2. The minimum atomic E-state index is -2.86. The summed E-state index contributed by atoms with van der Waals surface area (Å²) in [7, 11) is -2.86. The van der Waals surface area contributed by atoms with Gasteiger partial charge in [0.05, 0.1) is 5.75 Å². The highest BCUT2D eigenvalue weighted by atomic mass is 32.2. The molecule has 1 aliphatic carbocycles. The van der Waals surface area contributed by atoms with E-state index < -0.39 is 9.84 Å². The third-order valence-electron chi connectivity index (χ3n) is 3.40. The fraction of sp³-hybridized carbons (Fsp3) is 0.429. The molecule has 0 bridgehead atoms. The van der Waals surface area contributed by atoms with Gasteiger partial charge in [0.15, 0.2) is 0 Å². The smallest absolute Gasteiger partial charge is 0.150 e. The van der Waals surface area contributed by atoms with Gasteiger partial charge in [-0.1, -0.05) is 19.1 Å². The van der Waals surface area contributed by atoms with Gasteiger partial charge in [0.2, 0.25) is 0 Å². The summed E-state index contributed by atoms with van der Waals surface area (Å²) in [5, 5.41) is 0. The molecule has 0 radical (unpaired) electrons. The third-order valence-corrected chi connectivity index (χ3v) is 5.14. The third kappa shape index (κ3) is 2.93. The van der Waals surface area contributed by atoms with Crippen molar-refractivity contribution in [2.75, 3.05) is 17.2 Å².